The molecule has 2 nitrogen and oxygen atoms in total. The Morgan fingerprint density at radius 1 is 0.321 bits per heavy atom. The Bertz CT molecular complexity index is 4170. The van der Waals surface area contributed by atoms with Gasteiger partial charge in [-0.3, -0.25) is 0 Å². The van der Waals surface area contributed by atoms with Crippen LogP contribution in [-0.2, 0) is 21.7 Å². The highest BCUT2D eigenvalue weighted by Gasteiger charge is 2.59. The van der Waals surface area contributed by atoms with Crippen molar-refractivity contribution in [2.45, 2.75) is 153 Å². The van der Waals surface area contributed by atoms with Crippen molar-refractivity contribution >= 4 is 65.8 Å². The third-order valence-corrected chi connectivity index (χ3v) is 22.1. The van der Waals surface area contributed by atoms with Gasteiger partial charge in [-0.05, 0) is 221 Å². The van der Waals surface area contributed by atoms with Crippen LogP contribution in [0.3, 0.4) is 0 Å². The van der Waals surface area contributed by atoms with Gasteiger partial charge in [0, 0.05) is 33.6 Å². The lowest BCUT2D eigenvalue weighted by molar-refractivity contribution is 0.195. The first-order chi connectivity index (χ1) is 40.4. The molecule has 84 heavy (non-hydrogen) atoms. The van der Waals surface area contributed by atoms with Crippen LogP contribution < -0.4 is 9.80 Å². The third kappa shape index (κ3) is 7.74. The lowest BCUT2D eigenvalue weighted by Crippen LogP contribution is -2.54. The van der Waals surface area contributed by atoms with Crippen molar-refractivity contribution < 1.29 is 0 Å². The van der Waals surface area contributed by atoms with Crippen molar-refractivity contribution in [2.24, 2.45) is 0 Å². The van der Waals surface area contributed by atoms with Gasteiger partial charge in [-0.2, -0.15) is 0 Å². The average Bonchev–Trinajstić information content (AvgIpc) is 1.87. The molecule has 4 aliphatic rings. The summed E-state index contributed by atoms with van der Waals surface area (Å²) in [4.78, 5) is 5.45. The second kappa shape index (κ2) is 18.8. The minimum Gasteiger partial charge on any atom is -0.334 e. The van der Waals surface area contributed by atoms with Crippen molar-refractivity contribution in [3.8, 4) is 44.5 Å². The van der Waals surface area contributed by atoms with E-state index < -0.39 is 0 Å². The largest absolute Gasteiger partial charge is 0.334 e. The highest BCUT2D eigenvalue weighted by atomic mass is 15.3. The van der Waals surface area contributed by atoms with E-state index in [4.69, 9.17) is 0 Å². The first-order valence-corrected chi connectivity index (χ1v) is 31.5. The van der Waals surface area contributed by atoms with Gasteiger partial charge in [0.1, 0.15) is 0 Å². The molecule has 0 spiro atoms. The van der Waals surface area contributed by atoms with Crippen molar-refractivity contribution in [2.75, 3.05) is 9.80 Å². The molecule has 4 unspecified atom stereocenters. The van der Waals surface area contributed by atoms with Crippen LogP contribution in [0.1, 0.15) is 143 Å². The molecule has 2 fully saturated rings. The maximum absolute atomic E-state index is 2.73. The van der Waals surface area contributed by atoms with Crippen LogP contribution in [-0.4, -0.2) is 11.1 Å². The normalized spacial score (nSPS) is 22.2. The highest BCUT2D eigenvalue weighted by molar-refractivity contribution is 6.26. The molecule has 2 heteroatoms. The maximum atomic E-state index is 2.73. The predicted molar refractivity (Wildman–Crippen MR) is 361 cm³/mol. The zero-order valence-corrected chi connectivity index (χ0v) is 51.2. The summed E-state index contributed by atoms with van der Waals surface area (Å²) in [5.41, 5.74) is 21.3. The van der Waals surface area contributed by atoms with E-state index in [1.54, 1.807) is 0 Å². The second-order valence-corrected chi connectivity index (χ2v) is 28.7. The summed E-state index contributed by atoms with van der Waals surface area (Å²) in [6, 6.07) is 80.8. The molecule has 4 atom stereocenters. The minimum atomic E-state index is -0.0427. The SMILES string of the molecule is CC(C)(C)c1ccc(N2c3ccc(-c4ccc5c(-c6cccc7ccccc67)c6cc(-c7ccc8c(c7)C7(C)CCCCC7(C)N8c7ccc(C(C)(C)C)cc7)ccc6c(-c6cccc7ccccc67)c5c4)cc3C3(C)CCCCC23C)cc1. The van der Waals surface area contributed by atoms with Crippen molar-refractivity contribution in [3.05, 3.63) is 229 Å². The van der Waals surface area contributed by atoms with Crippen LogP contribution in [0.15, 0.2) is 206 Å². The molecule has 0 bridgehead atoms. The molecule has 418 valence electrons. The number of benzene rings is 11. The monoisotopic (exact) mass is 1090 g/mol. The fourth-order valence-electron chi connectivity index (χ4n) is 16.9. The number of hydrogen-bond acceptors (Lipinski definition) is 2. The first-order valence-electron chi connectivity index (χ1n) is 31.5. The minimum absolute atomic E-state index is 0.00986. The fourth-order valence-corrected chi connectivity index (χ4v) is 16.9. The van der Waals surface area contributed by atoms with Crippen LogP contribution in [0, 0.1) is 0 Å². The molecule has 0 radical (unpaired) electrons. The number of hydrogen-bond donors (Lipinski definition) is 0. The Balaban J connectivity index is 0.954. The van der Waals surface area contributed by atoms with E-state index in [2.05, 4.69) is 285 Å². The number of nitrogens with zero attached hydrogens (tertiary/aromatic N) is 2. The first kappa shape index (κ1) is 52.8. The molecular weight excluding hydrogens is 1010 g/mol. The molecule has 2 heterocycles. The van der Waals surface area contributed by atoms with Crippen molar-refractivity contribution in [3.63, 3.8) is 0 Å². The maximum Gasteiger partial charge on any atom is 0.0517 e. The zero-order chi connectivity index (χ0) is 57.7. The zero-order valence-electron chi connectivity index (χ0n) is 51.2. The standard InChI is InChI=1S/C82H80N2/c1-77(2,3)59-33-37-61(38-34-59)83-73-43-31-57(51-71(73)79(7)45-15-17-47-81(79,83)9)55-29-41-67-69(49-55)75(65-27-19-23-53-21-11-13-25-63(53)65)68-42-30-56(50-70(68)76(67)66-28-20-24-54-22-12-14-26-64(54)66)58-32-44-74-72(52-58)80(8)46-16-18-48-82(80,10)84(74)62-39-35-60(36-40-62)78(4,5)6/h11-14,19-44,49-52H,15-18,45-48H2,1-10H3. The average molecular weight is 1090 g/mol. The van der Waals surface area contributed by atoms with Gasteiger partial charge in [0.15, 0.2) is 0 Å². The molecule has 15 rings (SSSR count). The smallest absolute Gasteiger partial charge is 0.0517 e. The summed E-state index contributed by atoms with van der Waals surface area (Å²) in [5.74, 6) is 0. The molecule has 2 aliphatic heterocycles. The van der Waals surface area contributed by atoms with Gasteiger partial charge in [0.25, 0.3) is 0 Å². The molecule has 0 N–H and O–H groups in total. The summed E-state index contributed by atoms with van der Waals surface area (Å²) in [6.45, 7) is 24.2. The number of fused-ring (bicyclic) bond motifs is 10. The predicted octanol–water partition coefficient (Wildman–Crippen LogP) is 23.0. The van der Waals surface area contributed by atoms with Gasteiger partial charge >= 0.3 is 0 Å². The van der Waals surface area contributed by atoms with E-state index in [0.29, 0.717) is 0 Å². The highest BCUT2D eigenvalue weighted by Crippen LogP contribution is 2.63. The summed E-state index contributed by atoms with van der Waals surface area (Å²) in [6.07, 6.45) is 9.69. The van der Waals surface area contributed by atoms with E-state index in [0.717, 1.165) is 0 Å². The Morgan fingerprint density at radius 2 is 0.679 bits per heavy atom. The van der Waals surface area contributed by atoms with E-state index in [1.165, 1.54) is 184 Å². The molecule has 11 aromatic rings. The van der Waals surface area contributed by atoms with Crippen molar-refractivity contribution in [1.82, 2.24) is 0 Å². The fraction of sp³-hybridized carbons (Fsp3) is 0.293. The second-order valence-electron chi connectivity index (χ2n) is 28.7. The quantitative estimate of drug-likeness (QED) is 0.153. The molecule has 0 saturated heterocycles. The van der Waals surface area contributed by atoms with Gasteiger partial charge < -0.3 is 9.80 Å². The van der Waals surface area contributed by atoms with Crippen LogP contribution >= 0.6 is 0 Å². The van der Waals surface area contributed by atoms with E-state index in [9.17, 15) is 0 Å². The van der Waals surface area contributed by atoms with E-state index >= 15 is 0 Å². The third-order valence-electron chi connectivity index (χ3n) is 22.1. The molecular formula is C82H80N2. The Labute approximate surface area is 499 Å². The molecule has 2 saturated carbocycles. The summed E-state index contributed by atoms with van der Waals surface area (Å²) >= 11 is 0. The van der Waals surface area contributed by atoms with Gasteiger partial charge in [0.05, 0.1) is 11.1 Å². The Kier molecular flexibility index (Phi) is 11.8. The summed E-state index contributed by atoms with van der Waals surface area (Å²) < 4.78 is 0. The summed E-state index contributed by atoms with van der Waals surface area (Å²) in [7, 11) is 0. The molecule has 11 aromatic carbocycles. The van der Waals surface area contributed by atoms with Crippen LogP contribution in [0.5, 0.6) is 0 Å². The van der Waals surface area contributed by atoms with Gasteiger partial charge in [-0.1, -0.05) is 227 Å². The van der Waals surface area contributed by atoms with Gasteiger partial charge in [-0.15, -0.1) is 0 Å². The van der Waals surface area contributed by atoms with Gasteiger partial charge in [-0.25, -0.2) is 0 Å². The van der Waals surface area contributed by atoms with Crippen molar-refractivity contribution in [1.29, 1.82) is 0 Å². The molecule has 0 amide bonds. The van der Waals surface area contributed by atoms with Crippen LogP contribution in [0.2, 0.25) is 0 Å². The molecule has 2 aliphatic carbocycles. The lowest BCUT2D eigenvalue weighted by atomic mass is 9.61. The Morgan fingerprint density at radius 3 is 1.08 bits per heavy atom. The van der Waals surface area contributed by atoms with Crippen LogP contribution in [0.25, 0.3) is 87.6 Å². The number of rotatable bonds is 6. The summed E-state index contributed by atoms with van der Waals surface area (Å²) in [5, 5.41) is 10.1. The van der Waals surface area contributed by atoms with Crippen LogP contribution in [0.4, 0.5) is 22.7 Å². The van der Waals surface area contributed by atoms with E-state index in [1.807, 2.05) is 0 Å². The van der Waals surface area contributed by atoms with Gasteiger partial charge in [0.2, 0.25) is 0 Å². The topological polar surface area (TPSA) is 6.48 Å². The Hall–Kier alpha value is -7.94. The molecule has 0 aromatic heterocycles. The lowest BCUT2D eigenvalue weighted by Gasteiger charge is -2.50. The van der Waals surface area contributed by atoms with E-state index in [-0.39, 0.29) is 32.7 Å². The number of anilines is 4.